The first-order chi connectivity index (χ1) is 14.5. The molecule has 5 heteroatoms. The van der Waals surface area contributed by atoms with E-state index >= 15 is 0 Å². The Morgan fingerprint density at radius 1 is 0.967 bits per heavy atom. The minimum Gasteiger partial charge on any atom is -0.507 e. The molecule has 1 atom stereocenters. The molecule has 30 heavy (non-hydrogen) atoms. The number of aliphatic hydroxyl groups is 1. The third kappa shape index (κ3) is 4.25. The molecule has 1 unspecified atom stereocenters. The Hall–Kier alpha value is -3.08. The highest BCUT2D eigenvalue weighted by Gasteiger charge is 2.45. The third-order valence-electron chi connectivity index (χ3n) is 5.31. The quantitative estimate of drug-likeness (QED) is 0.385. The van der Waals surface area contributed by atoms with Gasteiger partial charge in [-0.05, 0) is 54.7 Å². The summed E-state index contributed by atoms with van der Waals surface area (Å²) in [7, 11) is 0. The van der Waals surface area contributed by atoms with Crippen molar-refractivity contribution in [3.8, 4) is 5.75 Å². The fraction of sp³-hybridized carbons (Fsp3) is 0.360. The minimum atomic E-state index is -0.642. The molecule has 0 spiro atoms. The van der Waals surface area contributed by atoms with Crippen molar-refractivity contribution in [2.75, 3.05) is 13.2 Å². The van der Waals surface area contributed by atoms with Gasteiger partial charge in [-0.2, -0.15) is 0 Å². The Balaban J connectivity index is 2.05. The number of nitrogens with zero attached hydrogens (tertiary/aromatic N) is 1. The number of aryl methyl sites for hydroxylation is 1. The molecular formula is C25H29NO4. The summed E-state index contributed by atoms with van der Waals surface area (Å²) in [6, 6.07) is 14.2. The summed E-state index contributed by atoms with van der Waals surface area (Å²) in [6.45, 7) is 7.13. The lowest BCUT2D eigenvalue weighted by Crippen LogP contribution is -2.30. The van der Waals surface area contributed by atoms with Gasteiger partial charge in [0.15, 0.2) is 0 Å². The molecule has 1 fully saturated rings. The van der Waals surface area contributed by atoms with Crippen molar-refractivity contribution in [1.29, 1.82) is 0 Å². The molecule has 2 aromatic carbocycles. The number of benzene rings is 2. The number of ether oxygens (including phenoxy) is 1. The van der Waals surface area contributed by atoms with E-state index in [4.69, 9.17) is 4.74 Å². The predicted octanol–water partition coefficient (Wildman–Crippen LogP) is 4.87. The molecule has 0 aromatic heterocycles. The second-order valence-electron chi connectivity index (χ2n) is 7.46. The normalized spacial score (nSPS) is 18.1. The third-order valence-corrected chi connectivity index (χ3v) is 5.31. The maximum Gasteiger partial charge on any atom is 0.295 e. The van der Waals surface area contributed by atoms with E-state index in [0.717, 1.165) is 24.8 Å². The number of hydrogen-bond donors (Lipinski definition) is 1. The average Bonchev–Trinajstić information content (AvgIpc) is 3.03. The Bertz CT molecular complexity index is 929. The zero-order chi connectivity index (χ0) is 21.7. The van der Waals surface area contributed by atoms with Crippen molar-refractivity contribution in [1.82, 2.24) is 4.90 Å². The fourth-order valence-corrected chi connectivity index (χ4v) is 3.72. The maximum atomic E-state index is 12.9. The first kappa shape index (κ1) is 21.6. The van der Waals surface area contributed by atoms with Gasteiger partial charge >= 0.3 is 0 Å². The number of aliphatic hydroxyl groups excluding tert-OH is 1. The van der Waals surface area contributed by atoms with E-state index in [9.17, 15) is 14.7 Å². The molecule has 0 radical (unpaired) electrons. The van der Waals surface area contributed by atoms with Crippen LogP contribution in [-0.4, -0.2) is 34.8 Å². The van der Waals surface area contributed by atoms with E-state index in [1.54, 1.807) is 29.2 Å². The summed E-state index contributed by atoms with van der Waals surface area (Å²) in [6.07, 6.45) is 2.53. The zero-order valence-corrected chi connectivity index (χ0v) is 17.9. The number of likely N-dealkylation sites (tertiary alicyclic amines) is 1. The molecule has 158 valence electrons. The first-order valence-corrected chi connectivity index (χ1v) is 10.6. The van der Waals surface area contributed by atoms with E-state index in [2.05, 4.69) is 6.92 Å². The second kappa shape index (κ2) is 9.61. The molecule has 1 aliphatic rings. The number of rotatable bonds is 8. The maximum absolute atomic E-state index is 12.9. The lowest BCUT2D eigenvalue weighted by atomic mass is 9.94. The minimum absolute atomic E-state index is 0.139. The number of carbonyl (C=O) groups is 2. The SMILES string of the molecule is CCCOc1ccc(/C(O)=C2/C(=O)C(=O)N(CCC)C2c2ccc(CC)cc2)cc1. The van der Waals surface area contributed by atoms with E-state index in [1.807, 2.05) is 38.1 Å². The standard InChI is InChI=1S/C25H29NO4/c1-4-15-26-22(18-9-7-17(6-3)8-10-18)21(24(28)25(26)29)23(27)19-11-13-20(14-12-19)30-16-5-2/h7-14,22,27H,4-6,15-16H2,1-3H3/b23-21-. The summed E-state index contributed by atoms with van der Waals surface area (Å²) >= 11 is 0. The molecular weight excluding hydrogens is 378 g/mol. The highest BCUT2D eigenvalue weighted by molar-refractivity contribution is 6.46. The Morgan fingerprint density at radius 3 is 2.20 bits per heavy atom. The van der Waals surface area contributed by atoms with Gasteiger partial charge in [0, 0.05) is 12.1 Å². The van der Waals surface area contributed by atoms with Crippen molar-refractivity contribution in [3.63, 3.8) is 0 Å². The van der Waals surface area contributed by atoms with Crippen LogP contribution in [0.2, 0.25) is 0 Å². The number of ketones is 1. The van der Waals surface area contributed by atoms with Crippen LogP contribution in [0.3, 0.4) is 0 Å². The molecule has 3 rings (SSSR count). The Morgan fingerprint density at radius 2 is 1.63 bits per heavy atom. The van der Waals surface area contributed by atoms with Crippen molar-refractivity contribution >= 4 is 17.4 Å². The molecule has 5 nitrogen and oxygen atoms in total. The average molecular weight is 408 g/mol. The first-order valence-electron chi connectivity index (χ1n) is 10.6. The molecule has 0 aliphatic carbocycles. The van der Waals surface area contributed by atoms with Crippen molar-refractivity contribution in [2.45, 2.75) is 46.1 Å². The molecule has 0 bridgehead atoms. The van der Waals surface area contributed by atoms with Gasteiger partial charge in [-0.25, -0.2) is 0 Å². The van der Waals surface area contributed by atoms with Crippen LogP contribution in [0.25, 0.3) is 5.76 Å². The highest BCUT2D eigenvalue weighted by atomic mass is 16.5. The zero-order valence-electron chi connectivity index (χ0n) is 17.9. The Kier molecular flexibility index (Phi) is 6.93. The van der Waals surface area contributed by atoms with Crippen LogP contribution in [0.15, 0.2) is 54.1 Å². The monoisotopic (exact) mass is 407 g/mol. The topological polar surface area (TPSA) is 66.8 Å². The molecule has 1 amide bonds. The van der Waals surface area contributed by atoms with Gasteiger partial charge < -0.3 is 14.7 Å². The largest absolute Gasteiger partial charge is 0.507 e. The van der Waals surface area contributed by atoms with Gasteiger partial charge in [-0.15, -0.1) is 0 Å². The second-order valence-corrected chi connectivity index (χ2v) is 7.46. The van der Waals surface area contributed by atoms with Gasteiger partial charge in [-0.3, -0.25) is 9.59 Å². The number of amides is 1. The van der Waals surface area contributed by atoms with Crippen molar-refractivity contribution in [3.05, 3.63) is 70.8 Å². The molecule has 2 aromatic rings. The van der Waals surface area contributed by atoms with Crippen molar-refractivity contribution < 1.29 is 19.4 Å². The van der Waals surface area contributed by atoms with E-state index in [0.29, 0.717) is 24.5 Å². The molecule has 0 saturated carbocycles. The van der Waals surface area contributed by atoms with Crippen LogP contribution in [0.5, 0.6) is 5.75 Å². The summed E-state index contributed by atoms with van der Waals surface area (Å²) in [4.78, 5) is 27.2. The van der Waals surface area contributed by atoms with Crippen LogP contribution in [0.1, 0.15) is 56.3 Å². The molecule has 1 aliphatic heterocycles. The highest BCUT2D eigenvalue weighted by Crippen LogP contribution is 2.39. The lowest BCUT2D eigenvalue weighted by molar-refractivity contribution is -0.139. The van der Waals surface area contributed by atoms with Gasteiger partial charge in [0.2, 0.25) is 0 Å². The Labute approximate surface area is 178 Å². The summed E-state index contributed by atoms with van der Waals surface area (Å²) < 4.78 is 5.59. The van der Waals surface area contributed by atoms with Crippen LogP contribution in [0.4, 0.5) is 0 Å². The summed E-state index contributed by atoms with van der Waals surface area (Å²) in [5.74, 6) is -0.659. The fourth-order valence-electron chi connectivity index (χ4n) is 3.72. The van der Waals surface area contributed by atoms with Gasteiger partial charge in [0.05, 0.1) is 18.2 Å². The van der Waals surface area contributed by atoms with Gasteiger partial charge in [-0.1, -0.05) is 45.0 Å². The summed E-state index contributed by atoms with van der Waals surface area (Å²) in [5.41, 5.74) is 2.63. The van der Waals surface area contributed by atoms with Gasteiger partial charge in [0.25, 0.3) is 11.7 Å². The van der Waals surface area contributed by atoms with Crippen LogP contribution in [0, 0.1) is 0 Å². The molecule has 1 N–H and O–H groups in total. The predicted molar refractivity (Wildman–Crippen MR) is 117 cm³/mol. The van der Waals surface area contributed by atoms with Gasteiger partial charge in [0.1, 0.15) is 11.5 Å². The smallest absolute Gasteiger partial charge is 0.295 e. The van der Waals surface area contributed by atoms with E-state index in [-0.39, 0.29) is 11.3 Å². The van der Waals surface area contributed by atoms with Crippen molar-refractivity contribution in [2.24, 2.45) is 0 Å². The van der Waals surface area contributed by atoms with Crippen LogP contribution < -0.4 is 4.74 Å². The van der Waals surface area contributed by atoms with E-state index in [1.165, 1.54) is 5.56 Å². The number of hydrogen-bond acceptors (Lipinski definition) is 4. The van der Waals surface area contributed by atoms with E-state index < -0.39 is 17.7 Å². The number of Topliss-reactive ketones (excluding diaryl/α,β-unsaturated/α-hetero) is 1. The lowest BCUT2D eigenvalue weighted by Gasteiger charge is -2.25. The summed E-state index contributed by atoms with van der Waals surface area (Å²) in [5, 5.41) is 11.0. The molecule has 1 heterocycles. The van der Waals surface area contributed by atoms with Crippen LogP contribution in [-0.2, 0) is 16.0 Å². The number of carbonyl (C=O) groups excluding carboxylic acids is 2. The molecule has 1 saturated heterocycles. The van der Waals surface area contributed by atoms with Crippen LogP contribution >= 0.6 is 0 Å².